The number of carbonyl (C=O) groups is 1. The number of hydrogen-bond acceptors (Lipinski definition) is 4. The van der Waals surface area contributed by atoms with Crippen LogP contribution in [0.2, 0.25) is 0 Å². The molecule has 0 radical (unpaired) electrons. The van der Waals surface area contributed by atoms with Crippen molar-refractivity contribution in [3.8, 4) is 5.75 Å². The molecule has 1 aliphatic rings. The van der Waals surface area contributed by atoms with Gasteiger partial charge in [0.2, 0.25) is 0 Å². The Bertz CT molecular complexity index is 710. The minimum Gasteiger partial charge on any atom is -0.497 e. The van der Waals surface area contributed by atoms with Gasteiger partial charge in [-0.1, -0.05) is 0 Å². The van der Waals surface area contributed by atoms with E-state index in [9.17, 15) is 4.79 Å². The van der Waals surface area contributed by atoms with Crippen LogP contribution in [0.1, 0.15) is 35.0 Å². The fraction of sp³-hybridized carbons (Fsp3) is 0.471. The summed E-state index contributed by atoms with van der Waals surface area (Å²) in [5.41, 5.74) is 7.05. The molecule has 1 aromatic heterocycles. The third kappa shape index (κ3) is 2.59. The summed E-state index contributed by atoms with van der Waals surface area (Å²) in [5, 5.41) is 1.11. The van der Waals surface area contributed by atoms with Gasteiger partial charge in [-0.2, -0.15) is 0 Å². The van der Waals surface area contributed by atoms with E-state index in [2.05, 4.69) is 6.92 Å². The van der Waals surface area contributed by atoms with E-state index in [0.717, 1.165) is 45.7 Å². The molecule has 3 rings (SSSR count). The first-order chi connectivity index (χ1) is 10.5. The Morgan fingerprint density at radius 1 is 1.45 bits per heavy atom. The fourth-order valence-corrected chi connectivity index (χ4v) is 4.32. The monoisotopic (exact) mass is 318 g/mol. The number of nitrogens with zero attached hydrogens (tertiary/aromatic N) is 1. The molecular weight excluding hydrogens is 296 g/mol. The first-order valence-electron chi connectivity index (χ1n) is 7.65. The molecule has 0 spiro atoms. The number of nitrogens with two attached hydrogens (primary N) is 1. The molecule has 1 saturated heterocycles. The number of rotatable bonds is 2. The number of aryl methyl sites for hydroxylation is 1. The number of carbonyl (C=O) groups excluding carboxylic acids is 1. The van der Waals surface area contributed by atoms with E-state index in [1.165, 1.54) is 0 Å². The SMILES string of the molecule is COc1ccc2sc(C(=O)N3CC[C@@H](N)C[C@@H]3C)c(C)c2c1. The Kier molecular flexibility index (Phi) is 4.10. The van der Waals surface area contributed by atoms with E-state index < -0.39 is 0 Å². The molecule has 2 N–H and O–H groups in total. The van der Waals surface area contributed by atoms with E-state index in [4.69, 9.17) is 10.5 Å². The predicted octanol–water partition coefficient (Wildman–Crippen LogP) is 3.17. The number of methoxy groups -OCH3 is 1. The molecule has 118 valence electrons. The molecule has 1 aromatic carbocycles. The summed E-state index contributed by atoms with van der Waals surface area (Å²) in [5.74, 6) is 0.960. The summed E-state index contributed by atoms with van der Waals surface area (Å²) in [4.78, 5) is 15.7. The number of benzene rings is 1. The van der Waals surface area contributed by atoms with E-state index in [-0.39, 0.29) is 18.0 Å². The van der Waals surface area contributed by atoms with E-state index >= 15 is 0 Å². The lowest BCUT2D eigenvalue weighted by Gasteiger charge is -2.36. The maximum Gasteiger partial charge on any atom is 0.264 e. The van der Waals surface area contributed by atoms with Crippen molar-refractivity contribution in [2.75, 3.05) is 13.7 Å². The second kappa shape index (κ2) is 5.89. The molecule has 1 aliphatic heterocycles. The van der Waals surface area contributed by atoms with Gasteiger partial charge in [-0.25, -0.2) is 0 Å². The molecular formula is C17H22N2O2S. The molecule has 2 aromatic rings. The maximum absolute atomic E-state index is 12.9. The van der Waals surface area contributed by atoms with Crippen molar-refractivity contribution in [2.24, 2.45) is 5.73 Å². The van der Waals surface area contributed by atoms with Crippen molar-refractivity contribution in [1.82, 2.24) is 4.90 Å². The molecule has 4 nitrogen and oxygen atoms in total. The van der Waals surface area contributed by atoms with Crippen molar-refractivity contribution in [3.05, 3.63) is 28.6 Å². The Balaban J connectivity index is 1.95. The highest BCUT2D eigenvalue weighted by atomic mass is 32.1. The number of thiophene rings is 1. The Morgan fingerprint density at radius 2 is 2.23 bits per heavy atom. The topological polar surface area (TPSA) is 55.6 Å². The maximum atomic E-state index is 12.9. The second-order valence-corrected chi connectivity index (χ2v) is 7.10. The lowest BCUT2D eigenvalue weighted by Crippen LogP contribution is -2.48. The average molecular weight is 318 g/mol. The number of fused-ring (bicyclic) bond motifs is 1. The minimum atomic E-state index is 0.136. The van der Waals surface area contributed by atoms with E-state index in [1.54, 1.807) is 18.4 Å². The largest absolute Gasteiger partial charge is 0.497 e. The van der Waals surface area contributed by atoms with Crippen LogP contribution < -0.4 is 10.5 Å². The normalized spacial score (nSPS) is 22.1. The first kappa shape index (κ1) is 15.3. The molecule has 1 amide bonds. The van der Waals surface area contributed by atoms with Crippen LogP contribution in [0.4, 0.5) is 0 Å². The van der Waals surface area contributed by atoms with Gasteiger partial charge in [-0.05, 0) is 55.8 Å². The van der Waals surface area contributed by atoms with Crippen LogP contribution in [-0.2, 0) is 0 Å². The zero-order chi connectivity index (χ0) is 15.9. The van der Waals surface area contributed by atoms with Gasteiger partial charge in [-0.15, -0.1) is 11.3 Å². The van der Waals surface area contributed by atoms with Crippen molar-refractivity contribution in [3.63, 3.8) is 0 Å². The lowest BCUT2D eigenvalue weighted by molar-refractivity contribution is 0.0623. The van der Waals surface area contributed by atoms with Crippen molar-refractivity contribution >= 4 is 27.3 Å². The minimum absolute atomic E-state index is 0.136. The number of amides is 1. The highest BCUT2D eigenvalue weighted by Crippen LogP contribution is 2.35. The molecule has 0 saturated carbocycles. The van der Waals surface area contributed by atoms with Crippen molar-refractivity contribution < 1.29 is 9.53 Å². The standard InChI is InChI=1S/C17H22N2O2S/c1-10-8-12(18)6-7-19(10)17(20)16-11(2)14-9-13(21-3)4-5-15(14)22-16/h4-5,9-10,12H,6-8,18H2,1-3H3/t10-,12+/m0/s1. The van der Waals surface area contributed by atoms with E-state index in [0.29, 0.717) is 0 Å². The molecule has 0 unspecified atom stereocenters. The van der Waals surface area contributed by atoms with Crippen molar-refractivity contribution in [1.29, 1.82) is 0 Å². The fourth-order valence-electron chi connectivity index (χ4n) is 3.17. The third-order valence-electron chi connectivity index (χ3n) is 4.52. The second-order valence-electron chi connectivity index (χ2n) is 6.05. The molecule has 0 bridgehead atoms. The summed E-state index contributed by atoms with van der Waals surface area (Å²) in [6.07, 6.45) is 1.76. The molecule has 2 heterocycles. The van der Waals surface area contributed by atoms with Gasteiger partial charge < -0.3 is 15.4 Å². The van der Waals surface area contributed by atoms with Crippen LogP contribution in [0.25, 0.3) is 10.1 Å². The van der Waals surface area contributed by atoms with Crippen molar-refractivity contribution in [2.45, 2.75) is 38.8 Å². The van der Waals surface area contributed by atoms with Gasteiger partial charge in [0.1, 0.15) is 5.75 Å². The van der Waals surface area contributed by atoms with Crippen LogP contribution >= 0.6 is 11.3 Å². The first-order valence-corrected chi connectivity index (χ1v) is 8.46. The molecule has 2 atom stereocenters. The highest BCUT2D eigenvalue weighted by Gasteiger charge is 2.29. The highest BCUT2D eigenvalue weighted by molar-refractivity contribution is 7.21. The summed E-state index contributed by atoms with van der Waals surface area (Å²) >= 11 is 1.57. The van der Waals surface area contributed by atoms with E-state index in [1.807, 2.05) is 30.0 Å². The summed E-state index contributed by atoms with van der Waals surface area (Å²) < 4.78 is 6.42. The number of ether oxygens (including phenoxy) is 1. The number of likely N-dealkylation sites (tertiary alicyclic amines) is 1. The average Bonchev–Trinajstić information content (AvgIpc) is 2.83. The number of hydrogen-bond donors (Lipinski definition) is 1. The lowest BCUT2D eigenvalue weighted by atomic mass is 9.98. The zero-order valence-electron chi connectivity index (χ0n) is 13.3. The quantitative estimate of drug-likeness (QED) is 0.925. The van der Waals surface area contributed by atoms with Gasteiger partial charge in [0.15, 0.2) is 0 Å². The number of piperidine rings is 1. The van der Waals surface area contributed by atoms with Crippen LogP contribution in [0.5, 0.6) is 5.75 Å². The third-order valence-corrected chi connectivity index (χ3v) is 5.78. The Morgan fingerprint density at radius 3 is 2.91 bits per heavy atom. The molecule has 0 aliphatic carbocycles. The van der Waals surface area contributed by atoms with Crippen LogP contribution in [-0.4, -0.2) is 36.5 Å². The molecule has 22 heavy (non-hydrogen) atoms. The molecule has 5 heteroatoms. The summed E-state index contributed by atoms with van der Waals surface area (Å²) in [7, 11) is 1.66. The Hall–Kier alpha value is -1.59. The van der Waals surface area contributed by atoms with Crippen LogP contribution in [0.15, 0.2) is 18.2 Å². The van der Waals surface area contributed by atoms with Gasteiger partial charge in [0.25, 0.3) is 5.91 Å². The molecule has 1 fully saturated rings. The summed E-state index contributed by atoms with van der Waals surface area (Å²) in [6, 6.07) is 6.39. The zero-order valence-corrected chi connectivity index (χ0v) is 14.1. The Labute approximate surface area is 134 Å². The van der Waals surface area contributed by atoms with Crippen LogP contribution in [0, 0.1) is 6.92 Å². The smallest absolute Gasteiger partial charge is 0.264 e. The summed E-state index contributed by atoms with van der Waals surface area (Å²) in [6.45, 7) is 4.85. The van der Waals surface area contributed by atoms with Gasteiger partial charge in [0.05, 0.1) is 12.0 Å². The van der Waals surface area contributed by atoms with Gasteiger partial charge in [0, 0.05) is 23.3 Å². The van der Waals surface area contributed by atoms with Crippen LogP contribution in [0.3, 0.4) is 0 Å². The predicted molar refractivity (Wildman–Crippen MR) is 90.8 cm³/mol. The van der Waals surface area contributed by atoms with Gasteiger partial charge in [-0.3, -0.25) is 4.79 Å². The van der Waals surface area contributed by atoms with Gasteiger partial charge >= 0.3 is 0 Å².